The van der Waals surface area contributed by atoms with E-state index in [-0.39, 0.29) is 35.5 Å². The third-order valence-electron chi connectivity index (χ3n) is 9.74. The molecule has 0 aromatic carbocycles. The van der Waals surface area contributed by atoms with Gasteiger partial charge in [0, 0.05) is 59.3 Å². The molecule has 9 heteroatoms. The van der Waals surface area contributed by atoms with Crippen LogP contribution in [-0.4, -0.2) is 35.4 Å². The molecule has 7 atom stereocenters. The smallest absolute Gasteiger partial charge is 0.306 e. The molecular weight excluding hydrogens is 624 g/mol. The predicted octanol–water partition coefficient (Wildman–Crippen LogP) is 8.03. The molecule has 0 radical (unpaired) electrons. The van der Waals surface area contributed by atoms with E-state index in [1.807, 2.05) is 68.4 Å². The molecule has 0 unspecified atom stereocenters. The number of esters is 2. The van der Waals surface area contributed by atoms with Gasteiger partial charge in [0.2, 0.25) is 0 Å². The van der Waals surface area contributed by atoms with Crippen molar-refractivity contribution in [2.24, 2.45) is 11.8 Å². The largest absolute Gasteiger partial charge is 0.465 e. The van der Waals surface area contributed by atoms with Gasteiger partial charge in [0.15, 0.2) is 10.9 Å². The Hall–Kier alpha value is -3.46. The van der Waals surface area contributed by atoms with Crippen molar-refractivity contribution in [1.29, 1.82) is 0 Å². The van der Waals surface area contributed by atoms with E-state index in [4.69, 9.17) is 18.3 Å². The molecule has 0 bridgehead atoms. The molecule has 0 amide bonds. The van der Waals surface area contributed by atoms with Crippen molar-refractivity contribution in [1.82, 2.24) is 0 Å². The monoisotopic (exact) mass is 684 g/mol. The fraction of sp³-hybridized carbons (Fsp3) is 0.650. The third kappa shape index (κ3) is 9.83. The van der Waals surface area contributed by atoms with Crippen LogP contribution in [-0.2, 0) is 25.5 Å². The lowest BCUT2D eigenvalue weighted by Crippen LogP contribution is -2.40. The molecule has 0 spiro atoms. The van der Waals surface area contributed by atoms with Crippen molar-refractivity contribution in [2.45, 2.75) is 159 Å². The summed E-state index contributed by atoms with van der Waals surface area (Å²) in [7, 11) is 0. The summed E-state index contributed by atoms with van der Waals surface area (Å²) in [6, 6.07) is 0. The van der Waals surface area contributed by atoms with Gasteiger partial charge in [0.25, 0.3) is 0 Å². The molecule has 0 aliphatic heterocycles. The van der Waals surface area contributed by atoms with E-state index >= 15 is 0 Å². The number of hydrogen-bond donors (Lipinski definition) is 1. The van der Waals surface area contributed by atoms with Gasteiger partial charge in [-0.15, -0.1) is 0 Å². The van der Waals surface area contributed by atoms with E-state index in [0.717, 1.165) is 0 Å². The van der Waals surface area contributed by atoms with Crippen LogP contribution in [0.4, 0.5) is 0 Å². The van der Waals surface area contributed by atoms with E-state index in [0.29, 0.717) is 63.7 Å². The number of aliphatic hydroxyl groups is 1. The van der Waals surface area contributed by atoms with Crippen molar-refractivity contribution in [2.75, 3.05) is 0 Å². The summed E-state index contributed by atoms with van der Waals surface area (Å²) in [6.07, 6.45) is 0.885. The summed E-state index contributed by atoms with van der Waals surface area (Å²) in [5.41, 5.74) is 2.39. The fourth-order valence-electron chi connectivity index (χ4n) is 6.68. The van der Waals surface area contributed by atoms with Crippen LogP contribution in [0.15, 0.2) is 30.1 Å². The Morgan fingerprint density at radius 3 is 1.80 bits per heavy atom. The highest BCUT2D eigenvalue weighted by Gasteiger charge is 2.39. The number of allylic oxidation sites excluding steroid dienone is 1. The predicted molar refractivity (Wildman–Crippen MR) is 192 cm³/mol. The molecule has 0 saturated heterocycles. The fourth-order valence-corrected chi connectivity index (χ4v) is 6.68. The lowest BCUT2D eigenvalue weighted by atomic mass is 9.82. The summed E-state index contributed by atoms with van der Waals surface area (Å²) in [5, 5.41) is 10.7. The molecule has 0 aliphatic rings. The molecule has 1 N–H and O–H groups in total. The number of hydrogen-bond acceptors (Lipinski definition) is 9. The lowest BCUT2D eigenvalue weighted by molar-refractivity contribution is -0.161. The number of rotatable bonds is 16. The first-order valence-corrected chi connectivity index (χ1v) is 17.8. The second-order valence-corrected chi connectivity index (χ2v) is 14.2. The summed E-state index contributed by atoms with van der Waals surface area (Å²) in [5.74, 6) is -0.859. The molecule has 0 saturated carbocycles. The van der Waals surface area contributed by atoms with Gasteiger partial charge in [0.1, 0.15) is 35.2 Å². The van der Waals surface area contributed by atoms with Crippen LogP contribution in [0.2, 0.25) is 0 Å². The van der Waals surface area contributed by atoms with Crippen LogP contribution in [0, 0.1) is 39.5 Å². The summed E-state index contributed by atoms with van der Waals surface area (Å²) in [4.78, 5) is 52.7. The van der Waals surface area contributed by atoms with E-state index in [1.165, 1.54) is 0 Å². The molecule has 49 heavy (non-hydrogen) atoms. The SMILES string of the molecule is CCC(=O)O[C@@H](/C(C)=C/[C@@H](C)c1oc(CC)c(C)c(=O)c1C)[C@H](C)[C@@H](OC(=O)CC(C)C)[C@@H](C)c1oc([C@@H](C)[C@@H](O)CC)c(C)c(=O)c1C. The van der Waals surface area contributed by atoms with E-state index < -0.39 is 48.0 Å². The van der Waals surface area contributed by atoms with Crippen LogP contribution in [0.25, 0.3) is 0 Å². The molecule has 9 nitrogen and oxygen atoms in total. The summed E-state index contributed by atoms with van der Waals surface area (Å²) >= 11 is 0. The Kier molecular flexibility index (Phi) is 15.3. The number of aliphatic hydroxyl groups excluding tert-OH is 1. The van der Waals surface area contributed by atoms with Crippen molar-refractivity contribution >= 4 is 11.9 Å². The van der Waals surface area contributed by atoms with Crippen LogP contribution in [0.1, 0.15) is 152 Å². The van der Waals surface area contributed by atoms with E-state index in [1.54, 1.807) is 34.6 Å². The summed E-state index contributed by atoms with van der Waals surface area (Å²) < 4.78 is 25.0. The number of aryl methyl sites for hydroxylation is 1. The second kappa shape index (κ2) is 18.0. The minimum atomic E-state index is -0.867. The summed E-state index contributed by atoms with van der Waals surface area (Å²) in [6.45, 7) is 25.6. The van der Waals surface area contributed by atoms with Crippen LogP contribution in [0.5, 0.6) is 0 Å². The normalized spacial score (nSPS) is 16.4. The van der Waals surface area contributed by atoms with Crippen LogP contribution >= 0.6 is 0 Å². The maximum atomic E-state index is 13.5. The van der Waals surface area contributed by atoms with Crippen molar-refractivity contribution in [3.63, 3.8) is 0 Å². The van der Waals surface area contributed by atoms with Gasteiger partial charge >= 0.3 is 11.9 Å². The molecule has 0 fully saturated rings. The standard InChI is InChI=1S/C40H60O9/c1-15-30(41)23(8)38-26(11)35(45)27(12)39(49-38)29(14)40(48-33(43)18-20(4)5)28(13)37(47-32(42)17-3)22(7)19-21(6)36-25(10)34(44)24(9)31(16-2)46-36/h19-21,23,28-30,37,40-41H,15-18H2,1-14H3/b22-19+/t21-,23+,28+,29+,30+,37+,40-/m1/s1. The van der Waals surface area contributed by atoms with Gasteiger partial charge < -0.3 is 23.4 Å². The van der Waals surface area contributed by atoms with Crippen LogP contribution < -0.4 is 10.9 Å². The Morgan fingerprint density at radius 2 is 1.29 bits per heavy atom. The minimum absolute atomic E-state index is 0.0393. The van der Waals surface area contributed by atoms with Gasteiger partial charge in [-0.3, -0.25) is 19.2 Å². The van der Waals surface area contributed by atoms with E-state index in [2.05, 4.69) is 0 Å². The number of carbonyl (C=O) groups is 2. The maximum Gasteiger partial charge on any atom is 0.306 e. The lowest BCUT2D eigenvalue weighted by Gasteiger charge is -2.35. The molecule has 2 aromatic heterocycles. The maximum absolute atomic E-state index is 13.5. The molecule has 274 valence electrons. The van der Waals surface area contributed by atoms with Gasteiger partial charge in [-0.2, -0.15) is 0 Å². The van der Waals surface area contributed by atoms with Crippen molar-refractivity contribution < 1.29 is 33.0 Å². The Morgan fingerprint density at radius 1 is 0.755 bits per heavy atom. The topological polar surface area (TPSA) is 133 Å². The first-order chi connectivity index (χ1) is 22.8. The highest BCUT2D eigenvalue weighted by molar-refractivity contribution is 5.70. The Balaban J connectivity index is 2.77. The van der Waals surface area contributed by atoms with Gasteiger partial charge in [-0.1, -0.05) is 68.4 Å². The van der Waals surface area contributed by atoms with Gasteiger partial charge in [0.05, 0.1) is 12.0 Å². The second-order valence-electron chi connectivity index (χ2n) is 14.2. The van der Waals surface area contributed by atoms with E-state index in [9.17, 15) is 24.3 Å². The molecule has 2 heterocycles. The highest BCUT2D eigenvalue weighted by Crippen LogP contribution is 2.36. The zero-order chi connectivity index (χ0) is 37.5. The third-order valence-corrected chi connectivity index (χ3v) is 9.74. The number of ether oxygens (including phenoxy) is 2. The van der Waals surface area contributed by atoms with Crippen LogP contribution in [0.3, 0.4) is 0 Å². The first-order valence-electron chi connectivity index (χ1n) is 17.8. The molecule has 2 aromatic rings. The Bertz CT molecular complexity index is 1610. The molecule has 0 aliphatic carbocycles. The van der Waals surface area contributed by atoms with Gasteiger partial charge in [-0.05, 0) is 52.5 Å². The Labute approximate surface area is 292 Å². The molecule has 2 rings (SSSR count). The minimum Gasteiger partial charge on any atom is -0.465 e. The quantitative estimate of drug-likeness (QED) is 0.138. The van der Waals surface area contributed by atoms with Crippen molar-refractivity contribution in [3.05, 3.63) is 77.4 Å². The average molecular weight is 685 g/mol. The number of carbonyl (C=O) groups excluding carboxylic acids is 2. The average Bonchev–Trinajstić information content (AvgIpc) is 3.05. The highest BCUT2D eigenvalue weighted by atomic mass is 16.6. The zero-order valence-corrected chi connectivity index (χ0v) is 32.2. The molecular formula is C40H60O9. The van der Waals surface area contributed by atoms with Crippen molar-refractivity contribution in [3.8, 4) is 0 Å². The van der Waals surface area contributed by atoms with Gasteiger partial charge in [-0.25, -0.2) is 0 Å². The first kappa shape index (κ1) is 41.7. The zero-order valence-electron chi connectivity index (χ0n) is 32.2.